The van der Waals surface area contributed by atoms with E-state index in [1.165, 1.54) is 11.0 Å². The zero-order valence-corrected chi connectivity index (χ0v) is 12.1. The Morgan fingerprint density at radius 1 is 1.30 bits per heavy atom. The first-order valence-corrected chi connectivity index (χ1v) is 6.67. The number of hydrogen-bond acceptors (Lipinski definition) is 4. The molecule has 0 atom stereocenters. The minimum atomic E-state index is -0.424. The van der Waals surface area contributed by atoms with Gasteiger partial charge in [0.05, 0.1) is 13.0 Å². The molecule has 0 spiro atoms. The van der Waals surface area contributed by atoms with E-state index in [9.17, 15) is 14.7 Å². The highest BCUT2D eigenvalue weighted by atomic mass is 16.5. The van der Waals surface area contributed by atoms with Gasteiger partial charge in [-0.2, -0.15) is 0 Å². The van der Waals surface area contributed by atoms with Crippen molar-refractivity contribution in [1.82, 2.24) is 4.90 Å². The third-order valence-electron chi connectivity index (χ3n) is 2.88. The van der Waals surface area contributed by atoms with Crippen LogP contribution in [0.4, 0.5) is 0 Å². The Hall–Kier alpha value is -2.04. The monoisotopic (exact) mass is 279 g/mol. The van der Waals surface area contributed by atoms with Crippen molar-refractivity contribution < 1.29 is 19.4 Å². The summed E-state index contributed by atoms with van der Waals surface area (Å²) in [5.74, 6) is -0.554. The van der Waals surface area contributed by atoms with E-state index in [1.807, 2.05) is 13.8 Å². The standard InChI is InChI=1S/C15H21NO4/c1-4-20-15(19)10-16(11(2)3)14(18)9-12-7-5-6-8-13(12)17/h5-8,11,17H,4,9-10H2,1-3H3. The largest absolute Gasteiger partial charge is 0.508 e. The van der Waals surface area contributed by atoms with Gasteiger partial charge in [-0.05, 0) is 26.8 Å². The first-order chi connectivity index (χ1) is 9.45. The molecule has 0 unspecified atom stereocenters. The molecule has 1 aromatic carbocycles. The molecule has 0 heterocycles. The summed E-state index contributed by atoms with van der Waals surface area (Å²) in [5.41, 5.74) is 0.548. The first-order valence-electron chi connectivity index (χ1n) is 6.67. The number of para-hydroxylation sites is 1. The van der Waals surface area contributed by atoms with Crippen molar-refractivity contribution in [2.24, 2.45) is 0 Å². The van der Waals surface area contributed by atoms with Crippen LogP contribution in [0.25, 0.3) is 0 Å². The molecule has 0 bridgehead atoms. The van der Waals surface area contributed by atoms with Crippen LogP contribution < -0.4 is 0 Å². The van der Waals surface area contributed by atoms with E-state index >= 15 is 0 Å². The number of benzene rings is 1. The van der Waals surface area contributed by atoms with Crippen molar-refractivity contribution in [3.8, 4) is 5.75 Å². The lowest BCUT2D eigenvalue weighted by atomic mass is 10.1. The molecule has 1 aromatic rings. The molecule has 0 fully saturated rings. The quantitative estimate of drug-likeness (QED) is 0.805. The number of hydrogen-bond donors (Lipinski definition) is 1. The van der Waals surface area contributed by atoms with Gasteiger partial charge in [-0.25, -0.2) is 0 Å². The van der Waals surface area contributed by atoms with Crippen LogP contribution in [0.1, 0.15) is 26.3 Å². The van der Waals surface area contributed by atoms with Crippen molar-refractivity contribution in [3.05, 3.63) is 29.8 Å². The molecule has 110 valence electrons. The number of carbonyl (C=O) groups excluding carboxylic acids is 2. The molecule has 0 aromatic heterocycles. The number of aromatic hydroxyl groups is 1. The number of phenolic OH excluding ortho intramolecular Hbond substituents is 1. The van der Waals surface area contributed by atoms with Gasteiger partial charge < -0.3 is 14.7 Å². The summed E-state index contributed by atoms with van der Waals surface area (Å²) in [6.45, 7) is 5.61. The molecular weight excluding hydrogens is 258 g/mol. The number of phenols is 1. The maximum Gasteiger partial charge on any atom is 0.325 e. The molecule has 0 aliphatic rings. The molecule has 0 aliphatic heterocycles. The third kappa shape index (κ3) is 4.57. The SMILES string of the molecule is CCOC(=O)CN(C(=O)Cc1ccccc1O)C(C)C. The molecule has 1 rings (SSSR count). The van der Waals surface area contributed by atoms with Crippen molar-refractivity contribution in [1.29, 1.82) is 0 Å². The second-order valence-corrected chi connectivity index (χ2v) is 4.73. The molecule has 0 saturated carbocycles. The topological polar surface area (TPSA) is 66.8 Å². The summed E-state index contributed by atoms with van der Waals surface area (Å²) in [4.78, 5) is 25.2. The van der Waals surface area contributed by atoms with Crippen LogP contribution in [0.2, 0.25) is 0 Å². The lowest BCUT2D eigenvalue weighted by Crippen LogP contribution is -2.42. The fourth-order valence-corrected chi connectivity index (χ4v) is 1.83. The van der Waals surface area contributed by atoms with Gasteiger partial charge in [-0.15, -0.1) is 0 Å². The Labute approximate surface area is 119 Å². The van der Waals surface area contributed by atoms with Crippen molar-refractivity contribution >= 4 is 11.9 Å². The predicted octanol–water partition coefficient (Wildman–Crippen LogP) is 1.73. The predicted molar refractivity (Wildman–Crippen MR) is 75.3 cm³/mol. The Bertz CT molecular complexity index is 471. The molecule has 20 heavy (non-hydrogen) atoms. The summed E-state index contributed by atoms with van der Waals surface area (Å²) in [6.07, 6.45) is 0.0598. The number of nitrogens with zero attached hydrogens (tertiary/aromatic N) is 1. The minimum Gasteiger partial charge on any atom is -0.508 e. The van der Waals surface area contributed by atoms with Crippen LogP contribution in [0, 0.1) is 0 Å². The van der Waals surface area contributed by atoms with Gasteiger partial charge >= 0.3 is 5.97 Å². The molecule has 5 nitrogen and oxygen atoms in total. The van der Waals surface area contributed by atoms with Crippen molar-refractivity contribution in [2.45, 2.75) is 33.2 Å². The molecule has 0 radical (unpaired) electrons. The fourth-order valence-electron chi connectivity index (χ4n) is 1.83. The maximum absolute atomic E-state index is 12.3. The highest BCUT2D eigenvalue weighted by molar-refractivity contribution is 5.84. The molecular formula is C15H21NO4. The molecule has 0 saturated heterocycles. The fraction of sp³-hybridized carbons (Fsp3) is 0.467. The zero-order valence-electron chi connectivity index (χ0n) is 12.1. The summed E-state index contributed by atoms with van der Waals surface area (Å²) in [6, 6.07) is 6.57. The number of carbonyl (C=O) groups is 2. The minimum absolute atomic E-state index is 0.0598. The second kappa shape index (κ2) is 7.53. The Morgan fingerprint density at radius 3 is 2.50 bits per heavy atom. The van der Waals surface area contributed by atoms with Gasteiger partial charge in [0.25, 0.3) is 0 Å². The molecule has 1 amide bonds. The van der Waals surface area contributed by atoms with E-state index in [-0.39, 0.29) is 30.7 Å². The van der Waals surface area contributed by atoms with Gasteiger partial charge in [-0.1, -0.05) is 18.2 Å². The van der Waals surface area contributed by atoms with Crippen LogP contribution >= 0.6 is 0 Å². The lowest BCUT2D eigenvalue weighted by molar-refractivity contribution is -0.149. The zero-order chi connectivity index (χ0) is 15.1. The van der Waals surface area contributed by atoms with Gasteiger partial charge in [0.15, 0.2) is 0 Å². The van der Waals surface area contributed by atoms with Crippen LogP contribution in [0.5, 0.6) is 5.75 Å². The van der Waals surface area contributed by atoms with Crippen LogP contribution in [-0.2, 0) is 20.7 Å². The molecule has 5 heteroatoms. The summed E-state index contributed by atoms with van der Waals surface area (Å²) < 4.78 is 4.86. The normalized spacial score (nSPS) is 10.4. The van der Waals surface area contributed by atoms with Crippen LogP contribution in [0.3, 0.4) is 0 Å². The van der Waals surface area contributed by atoms with E-state index < -0.39 is 5.97 Å². The summed E-state index contributed by atoms with van der Waals surface area (Å²) >= 11 is 0. The Kier molecular flexibility index (Phi) is 6.03. The van der Waals surface area contributed by atoms with E-state index in [1.54, 1.807) is 25.1 Å². The first kappa shape index (κ1) is 16.0. The van der Waals surface area contributed by atoms with Crippen molar-refractivity contribution in [2.75, 3.05) is 13.2 Å². The van der Waals surface area contributed by atoms with E-state index in [2.05, 4.69) is 0 Å². The number of rotatable bonds is 6. The van der Waals surface area contributed by atoms with Gasteiger partial charge in [0.1, 0.15) is 12.3 Å². The van der Waals surface area contributed by atoms with Gasteiger partial charge in [-0.3, -0.25) is 9.59 Å². The number of ether oxygens (including phenoxy) is 1. The molecule has 1 N–H and O–H groups in total. The average Bonchev–Trinajstić information content (AvgIpc) is 2.38. The average molecular weight is 279 g/mol. The van der Waals surface area contributed by atoms with Crippen LogP contribution in [-0.4, -0.2) is 41.1 Å². The highest BCUT2D eigenvalue weighted by Crippen LogP contribution is 2.17. The summed E-state index contributed by atoms with van der Waals surface area (Å²) in [5, 5.41) is 9.68. The highest BCUT2D eigenvalue weighted by Gasteiger charge is 2.21. The van der Waals surface area contributed by atoms with E-state index in [4.69, 9.17) is 4.74 Å². The lowest BCUT2D eigenvalue weighted by Gasteiger charge is -2.25. The smallest absolute Gasteiger partial charge is 0.325 e. The number of esters is 1. The van der Waals surface area contributed by atoms with E-state index in [0.29, 0.717) is 12.2 Å². The second-order valence-electron chi connectivity index (χ2n) is 4.73. The number of amides is 1. The Morgan fingerprint density at radius 2 is 1.95 bits per heavy atom. The summed E-state index contributed by atoms with van der Waals surface area (Å²) in [7, 11) is 0. The van der Waals surface area contributed by atoms with Crippen molar-refractivity contribution in [3.63, 3.8) is 0 Å². The Balaban J connectivity index is 2.75. The van der Waals surface area contributed by atoms with Crippen LogP contribution in [0.15, 0.2) is 24.3 Å². The third-order valence-corrected chi connectivity index (χ3v) is 2.88. The van der Waals surface area contributed by atoms with Gasteiger partial charge in [0.2, 0.25) is 5.91 Å². The van der Waals surface area contributed by atoms with Gasteiger partial charge in [0, 0.05) is 11.6 Å². The maximum atomic E-state index is 12.3. The molecule has 0 aliphatic carbocycles. The van der Waals surface area contributed by atoms with E-state index in [0.717, 1.165) is 0 Å².